The maximum Gasteiger partial charge on any atom is 0.159 e. The van der Waals surface area contributed by atoms with Gasteiger partial charge in [0, 0.05) is 17.9 Å². The van der Waals surface area contributed by atoms with E-state index < -0.39 is 0 Å². The summed E-state index contributed by atoms with van der Waals surface area (Å²) in [5.41, 5.74) is 7.93. The maximum atomic E-state index is 5.92. The molecule has 1 heterocycles. The normalized spacial score (nSPS) is 12.7. The second-order valence-corrected chi connectivity index (χ2v) is 4.12. The van der Waals surface area contributed by atoms with Gasteiger partial charge in [0.05, 0.1) is 0 Å². The van der Waals surface area contributed by atoms with Crippen LogP contribution >= 0.6 is 0 Å². The van der Waals surface area contributed by atoms with Crippen LogP contribution < -0.4 is 5.73 Å². The Labute approximate surface area is 104 Å². The largest absolute Gasteiger partial charge is 0.383 e. The van der Waals surface area contributed by atoms with Crippen molar-refractivity contribution >= 4 is 5.82 Å². The highest BCUT2D eigenvalue weighted by Gasteiger charge is 2.16. The fourth-order valence-corrected chi connectivity index (χ4v) is 1.84. The third-order valence-electron chi connectivity index (χ3n) is 2.84. The lowest BCUT2D eigenvalue weighted by Crippen LogP contribution is -2.13. The van der Waals surface area contributed by atoms with Gasteiger partial charge in [0.25, 0.3) is 0 Å². The third-order valence-corrected chi connectivity index (χ3v) is 2.84. The summed E-state index contributed by atoms with van der Waals surface area (Å²) in [6.45, 7) is 8.83. The Morgan fingerprint density at radius 3 is 2.47 bits per heavy atom. The smallest absolute Gasteiger partial charge is 0.159 e. The van der Waals surface area contributed by atoms with Crippen LogP contribution in [0.4, 0.5) is 5.82 Å². The number of nitrogen functional groups attached to an aromatic ring is 1. The Kier molecular flexibility index (Phi) is 5.35. The number of hydrogen-bond acceptors (Lipinski definition) is 4. The molecule has 0 aliphatic carbocycles. The third kappa shape index (κ3) is 3.40. The van der Waals surface area contributed by atoms with Crippen molar-refractivity contribution in [2.75, 3.05) is 12.3 Å². The molecule has 1 unspecified atom stereocenters. The number of nitrogens with two attached hydrogens (primary N) is 1. The predicted molar refractivity (Wildman–Crippen MR) is 69.8 cm³/mol. The Morgan fingerprint density at radius 2 is 1.94 bits per heavy atom. The molecule has 2 N–H and O–H groups in total. The lowest BCUT2D eigenvalue weighted by atomic mass is 10.1. The highest BCUT2D eigenvalue weighted by atomic mass is 16.5. The first-order valence-corrected chi connectivity index (χ1v) is 6.38. The number of anilines is 1. The van der Waals surface area contributed by atoms with E-state index in [1.807, 2.05) is 13.8 Å². The molecule has 1 rings (SSSR count). The number of hydrogen-bond donors (Lipinski definition) is 1. The SMILES string of the molecule is CCCC(OCC)c1nc(N)c(C)c(CC)n1. The van der Waals surface area contributed by atoms with Crippen LogP contribution in [0.2, 0.25) is 0 Å². The maximum absolute atomic E-state index is 5.92. The highest BCUT2D eigenvalue weighted by molar-refractivity contribution is 5.41. The van der Waals surface area contributed by atoms with Crippen LogP contribution in [0.5, 0.6) is 0 Å². The summed E-state index contributed by atoms with van der Waals surface area (Å²) in [6, 6.07) is 0. The van der Waals surface area contributed by atoms with Crippen LogP contribution in [0, 0.1) is 6.92 Å². The Bertz CT molecular complexity index is 360. The van der Waals surface area contributed by atoms with E-state index in [2.05, 4.69) is 23.8 Å². The van der Waals surface area contributed by atoms with Gasteiger partial charge < -0.3 is 10.5 Å². The summed E-state index contributed by atoms with van der Waals surface area (Å²) in [6.07, 6.45) is 2.82. The second kappa shape index (κ2) is 6.55. The van der Waals surface area contributed by atoms with Crippen molar-refractivity contribution in [3.8, 4) is 0 Å². The van der Waals surface area contributed by atoms with Crippen molar-refractivity contribution in [2.24, 2.45) is 0 Å². The van der Waals surface area contributed by atoms with E-state index in [9.17, 15) is 0 Å². The van der Waals surface area contributed by atoms with E-state index in [1.54, 1.807) is 0 Å². The lowest BCUT2D eigenvalue weighted by molar-refractivity contribution is 0.0493. The van der Waals surface area contributed by atoms with Gasteiger partial charge >= 0.3 is 0 Å². The zero-order valence-electron chi connectivity index (χ0n) is 11.3. The summed E-state index contributed by atoms with van der Waals surface area (Å²) in [4.78, 5) is 8.93. The minimum atomic E-state index is -0.0294. The summed E-state index contributed by atoms with van der Waals surface area (Å²) >= 11 is 0. The Morgan fingerprint density at radius 1 is 1.24 bits per heavy atom. The van der Waals surface area contributed by atoms with Gasteiger partial charge in [-0.1, -0.05) is 20.3 Å². The van der Waals surface area contributed by atoms with Crippen molar-refractivity contribution in [3.63, 3.8) is 0 Å². The topological polar surface area (TPSA) is 61.0 Å². The van der Waals surface area contributed by atoms with E-state index in [0.29, 0.717) is 12.4 Å². The van der Waals surface area contributed by atoms with Crippen molar-refractivity contribution in [1.82, 2.24) is 9.97 Å². The molecular formula is C13H23N3O. The standard InChI is InChI=1S/C13H23N3O/c1-5-8-11(17-7-3)13-15-10(6-2)9(4)12(14)16-13/h11H,5-8H2,1-4H3,(H2,14,15,16). The molecule has 17 heavy (non-hydrogen) atoms. The molecule has 0 bridgehead atoms. The van der Waals surface area contributed by atoms with E-state index in [0.717, 1.165) is 36.3 Å². The number of ether oxygens (including phenoxy) is 1. The van der Waals surface area contributed by atoms with Crippen LogP contribution in [0.25, 0.3) is 0 Å². The van der Waals surface area contributed by atoms with Crippen LogP contribution in [-0.4, -0.2) is 16.6 Å². The average Bonchev–Trinajstić information content (AvgIpc) is 2.32. The first-order chi connectivity index (χ1) is 8.13. The first-order valence-electron chi connectivity index (χ1n) is 6.38. The van der Waals surface area contributed by atoms with E-state index in [4.69, 9.17) is 10.5 Å². The van der Waals surface area contributed by atoms with Gasteiger partial charge in [-0.3, -0.25) is 0 Å². The molecule has 96 valence electrons. The molecule has 1 atom stereocenters. The molecule has 0 saturated heterocycles. The van der Waals surface area contributed by atoms with Crippen LogP contribution in [-0.2, 0) is 11.2 Å². The molecule has 4 nitrogen and oxygen atoms in total. The van der Waals surface area contributed by atoms with Gasteiger partial charge in [-0.25, -0.2) is 9.97 Å². The molecule has 0 spiro atoms. The van der Waals surface area contributed by atoms with Crippen LogP contribution in [0.1, 0.15) is 56.8 Å². The van der Waals surface area contributed by atoms with Crippen molar-refractivity contribution in [2.45, 2.75) is 53.1 Å². The fourth-order valence-electron chi connectivity index (χ4n) is 1.84. The van der Waals surface area contributed by atoms with Gasteiger partial charge in [-0.05, 0) is 26.7 Å². The van der Waals surface area contributed by atoms with Gasteiger partial charge in [0.15, 0.2) is 5.82 Å². The van der Waals surface area contributed by atoms with Crippen molar-refractivity contribution in [3.05, 3.63) is 17.1 Å². The molecule has 4 heteroatoms. The fraction of sp³-hybridized carbons (Fsp3) is 0.692. The zero-order valence-corrected chi connectivity index (χ0v) is 11.3. The molecule has 0 saturated carbocycles. The van der Waals surface area contributed by atoms with Crippen LogP contribution in [0.3, 0.4) is 0 Å². The molecular weight excluding hydrogens is 214 g/mol. The molecule has 0 aromatic carbocycles. The molecule has 1 aromatic rings. The number of nitrogens with zero attached hydrogens (tertiary/aromatic N) is 2. The summed E-state index contributed by atoms with van der Waals surface area (Å²) in [5.74, 6) is 1.31. The monoisotopic (exact) mass is 237 g/mol. The number of aryl methyl sites for hydroxylation is 1. The summed E-state index contributed by atoms with van der Waals surface area (Å²) in [5, 5.41) is 0. The molecule has 0 aliphatic heterocycles. The van der Waals surface area contributed by atoms with Gasteiger partial charge in [0.1, 0.15) is 11.9 Å². The Hall–Kier alpha value is -1.16. The van der Waals surface area contributed by atoms with E-state index in [1.165, 1.54) is 0 Å². The van der Waals surface area contributed by atoms with Gasteiger partial charge in [-0.15, -0.1) is 0 Å². The molecule has 0 fully saturated rings. The molecule has 0 radical (unpaired) electrons. The van der Waals surface area contributed by atoms with Gasteiger partial charge in [-0.2, -0.15) is 0 Å². The molecule has 0 amide bonds. The number of rotatable bonds is 6. The Balaban J connectivity index is 3.06. The summed E-state index contributed by atoms with van der Waals surface area (Å²) in [7, 11) is 0. The zero-order chi connectivity index (χ0) is 12.8. The average molecular weight is 237 g/mol. The van der Waals surface area contributed by atoms with Crippen molar-refractivity contribution < 1.29 is 4.74 Å². The first kappa shape index (κ1) is 13.9. The highest BCUT2D eigenvalue weighted by Crippen LogP contribution is 2.22. The van der Waals surface area contributed by atoms with Gasteiger partial charge in [0.2, 0.25) is 0 Å². The predicted octanol–water partition coefficient (Wildman–Crippen LogP) is 2.81. The van der Waals surface area contributed by atoms with E-state index in [-0.39, 0.29) is 6.10 Å². The molecule has 1 aromatic heterocycles. The number of aromatic nitrogens is 2. The lowest BCUT2D eigenvalue weighted by Gasteiger charge is -2.17. The second-order valence-electron chi connectivity index (χ2n) is 4.12. The minimum absolute atomic E-state index is 0.0294. The van der Waals surface area contributed by atoms with E-state index >= 15 is 0 Å². The van der Waals surface area contributed by atoms with Crippen molar-refractivity contribution in [1.29, 1.82) is 0 Å². The minimum Gasteiger partial charge on any atom is -0.383 e. The molecule has 0 aliphatic rings. The summed E-state index contributed by atoms with van der Waals surface area (Å²) < 4.78 is 5.68. The van der Waals surface area contributed by atoms with Crippen LogP contribution in [0.15, 0.2) is 0 Å². The quantitative estimate of drug-likeness (QED) is 0.826.